The molecule has 0 atom stereocenters. The van der Waals surface area contributed by atoms with Gasteiger partial charge < -0.3 is 0 Å². The zero-order valence-electron chi connectivity index (χ0n) is 28.6. The Hall–Kier alpha value is -6.76. The van der Waals surface area contributed by atoms with Crippen LogP contribution in [0.4, 0.5) is 0 Å². The van der Waals surface area contributed by atoms with Crippen molar-refractivity contribution in [1.82, 2.24) is 0 Å². The predicted octanol–water partition coefficient (Wildman–Crippen LogP) is 14.6. The van der Waals surface area contributed by atoms with Crippen LogP contribution in [-0.4, -0.2) is 0 Å². The fraction of sp³-hybridized carbons (Fsp3) is 0. The molecule has 10 aromatic carbocycles. The van der Waals surface area contributed by atoms with Gasteiger partial charge in [-0.3, -0.25) is 0 Å². The monoisotopic (exact) mass is 658 g/mol. The van der Waals surface area contributed by atoms with E-state index >= 15 is 0 Å². The third-order valence-corrected chi connectivity index (χ3v) is 10.6. The number of fused-ring (bicyclic) bond motifs is 4. The second kappa shape index (κ2) is 12.5. The molecule has 242 valence electrons. The Morgan fingerprint density at radius 3 is 1.12 bits per heavy atom. The molecule has 10 rings (SSSR count). The van der Waals surface area contributed by atoms with Crippen molar-refractivity contribution in [3.8, 4) is 55.6 Å². The Morgan fingerprint density at radius 2 is 0.538 bits per heavy atom. The van der Waals surface area contributed by atoms with Crippen LogP contribution in [0.5, 0.6) is 0 Å². The molecule has 10 aromatic rings. The highest BCUT2D eigenvalue weighted by Gasteiger charge is 2.18. The summed E-state index contributed by atoms with van der Waals surface area (Å²) in [5.41, 5.74) is 12.2. The van der Waals surface area contributed by atoms with E-state index in [2.05, 4.69) is 206 Å². The molecule has 0 aromatic heterocycles. The van der Waals surface area contributed by atoms with Crippen LogP contribution in [0.2, 0.25) is 0 Å². The highest BCUT2D eigenvalue weighted by molar-refractivity contribution is 6.22. The van der Waals surface area contributed by atoms with Crippen molar-refractivity contribution in [3.05, 3.63) is 206 Å². The van der Waals surface area contributed by atoms with Crippen LogP contribution in [0.3, 0.4) is 0 Å². The highest BCUT2D eigenvalue weighted by Crippen LogP contribution is 2.46. The summed E-state index contributed by atoms with van der Waals surface area (Å²) in [6.07, 6.45) is 0. The van der Waals surface area contributed by atoms with E-state index in [9.17, 15) is 0 Å². The lowest BCUT2D eigenvalue weighted by Crippen LogP contribution is -1.92. The van der Waals surface area contributed by atoms with Crippen molar-refractivity contribution >= 4 is 43.1 Å². The maximum absolute atomic E-state index is 2.40. The van der Waals surface area contributed by atoms with Crippen LogP contribution in [0.25, 0.3) is 98.7 Å². The molecule has 52 heavy (non-hydrogen) atoms. The van der Waals surface area contributed by atoms with Gasteiger partial charge in [-0.15, -0.1) is 0 Å². The maximum Gasteiger partial charge on any atom is -0.00259 e. The van der Waals surface area contributed by atoms with Gasteiger partial charge in [-0.05, 0) is 135 Å². The van der Waals surface area contributed by atoms with E-state index in [0.29, 0.717) is 0 Å². The van der Waals surface area contributed by atoms with Gasteiger partial charge in [0.05, 0.1) is 0 Å². The Morgan fingerprint density at radius 1 is 0.173 bits per heavy atom. The zero-order valence-corrected chi connectivity index (χ0v) is 28.6. The number of rotatable bonds is 5. The molecular weight excluding hydrogens is 625 g/mol. The first-order valence-electron chi connectivity index (χ1n) is 18.0. The van der Waals surface area contributed by atoms with Crippen molar-refractivity contribution < 1.29 is 0 Å². The van der Waals surface area contributed by atoms with Gasteiger partial charge in [-0.1, -0.05) is 170 Å². The molecule has 0 N–H and O–H groups in total. The van der Waals surface area contributed by atoms with Crippen LogP contribution >= 0.6 is 0 Å². The fourth-order valence-electron chi connectivity index (χ4n) is 8.08. The molecule has 0 aliphatic heterocycles. The molecule has 0 saturated carbocycles. The molecule has 0 bridgehead atoms. The van der Waals surface area contributed by atoms with Crippen molar-refractivity contribution in [2.24, 2.45) is 0 Å². The first kappa shape index (κ1) is 30.1. The lowest BCUT2D eigenvalue weighted by atomic mass is 9.84. The van der Waals surface area contributed by atoms with E-state index in [4.69, 9.17) is 0 Å². The molecule has 0 heterocycles. The van der Waals surface area contributed by atoms with Gasteiger partial charge in [0.15, 0.2) is 0 Å². The molecule has 0 nitrogen and oxygen atoms in total. The van der Waals surface area contributed by atoms with E-state index < -0.39 is 0 Å². The first-order chi connectivity index (χ1) is 25.8. The van der Waals surface area contributed by atoms with Crippen molar-refractivity contribution in [3.63, 3.8) is 0 Å². The summed E-state index contributed by atoms with van der Waals surface area (Å²) in [6, 6.07) is 75.7. The van der Waals surface area contributed by atoms with Crippen molar-refractivity contribution in [2.75, 3.05) is 0 Å². The maximum atomic E-state index is 2.40. The second-order valence-corrected chi connectivity index (χ2v) is 13.7. The molecule has 0 radical (unpaired) electrons. The summed E-state index contributed by atoms with van der Waals surface area (Å²) < 4.78 is 0. The molecule has 0 unspecified atom stereocenters. The van der Waals surface area contributed by atoms with E-state index in [-0.39, 0.29) is 0 Å². The van der Waals surface area contributed by atoms with Crippen LogP contribution in [0.1, 0.15) is 0 Å². The molecule has 0 saturated heterocycles. The minimum absolute atomic E-state index is 1.20. The fourth-order valence-corrected chi connectivity index (χ4v) is 8.08. The van der Waals surface area contributed by atoms with E-state index in [1.54, 1.807) is 0 Å². The Labute approximate surface area is 303 Å². The smallest absolute Gasteiger partial charge is 0.00259 e. The highest BCUT2D eigenvalue weighted by atomic mass is 14.2. The normalized spacial score (nSPS) is 11.5. The van der Waals surface area contributed by atoms with Gasteiger partial charge in [0.1, 0.15) is 0 Å². The van der Waals surface area contributed by atoms with Gasteiger partial charge in [0.2, 0.25) is 0 Å². The number of hydrogen-bond acceptors (Lipinski definition) is 0. The Bertz CT molecular complexity index is 2890. The summed E-state index contributed by atoms with van der Waals surface area (Å²) in [4.78, 5) is 0. The van der Waals surface area contributed by atoms with Crippen molar-refractivity contribution in [1.29, 1.82) is 0 Å². The van der Waals surface area contributed by atoms with Gasteiger partial charge in [-0.2, -0.15) is 0 Å². The van der Waals surface area contributed by atoms with Crippen molar-refractivity contribution in [2.45, 2.75) is 0 Å². The quantitative estimate of drug-likeness (QED) is 0.161. The van der Waals surface area contributed by atoms with E-state index in [1.807, 2.05) is 0 Å². The van der Waals surface area contributed by atoms with Crippen LogP contribution < -0.4 is 0 Å². The lowest BCUT2D eigenvalue weighted by molar-refractivity contribution is 1.57. The molecule has 0 amide bonds. The van der Waals surface area contributed by atoms with Crippen LogP contribution in [0, 0.1) is 0 Å². The number of benzene rings is 10. The van der Waals surface area contributed by atoms with Crippen LogP contribution in [-0.2, 0) is 0 Å². The third kappa shape index (κ3) is 5.25. The first-order valence-corrected chi connectivity index (χ1v) is 18.0. The number of hydrogen-bond donors (Lipinski definition) is 0. The van der Waals surface area contributed by atoms with E-state index in [0.717, 1.165) is 0 Å². The summed E-state index contributed by atoms with van der Waals surface area (Å²) >= 11 is 0. The van der Waals surface area contributed by atoms with Gasteiger partial charge in [-0.25, -0.2) is 0 Å². The Balaban J connectivity index is 1.25. The average molecular weight is 659 g/mol. The second-order valence-electron chi connectivity index (χ2n) is 13.7. The topological polar surface area (TPSA) is 0 Å². The van der Waals surface area contributed by atoms with Gasteiger partial charge in [0, 0.05) is 0 Å². The summed E-state index contributed by atoms with van der Waals surface area (Å²) in [5, 5.41) is 10.0. The lowest BCUT2D eigenvalue weighted by Gasteiger charge is -2.19. The van der Waals surface area contributed by atoms with Gasteiger partial charge >= 0.3 is 0 Å². The molecule has 0 aliphatic carbocycles. The average Bonchev–Trinajstić information content (AvgIpc) is 3.22. The molecule has 0 fully saturated rings. The summed E-state index contributed by atoms with van der Waals surface area (Å²) in [6.45, 7) is 0. The Kier molecular flexibility index (Phi) is 7.25. The van der Waals surface area contributed by atoms with E-state index in [1.165, 1.54) is 98.7 Å². The van der Waals surface area contributed by atoms with Crippen LogP contribution in [0.15, 0.2) is 206 Å². The minimum Gasteiger partial charge on any atom is -0.0622 e. The molecule has 0 spiro atoms. The standard InChI is InChI=1S/C52H34/c1-2-13-35(14-3-1)40-19-12-20-41(29-40)44-32-45(42-27-25-36-15-4-6-17-38(36)30-42)34-46(33-44)52-49-23-10-8-21-47(49)51(48-22-9-11-24-50(48)52)43-28-26-37-16-5-7-18-39(37)31-43/h1-34H. The summed E-state index contributed by atoms with van der Waals surface area (Å²) in [7, 11) is 0. The predicted molar refractivity (Wildman–Crippen MR) is 224 cm³/mol. The largest absolute Gasteiger partial charge is 0.0622 e. The van der Waals surface area contributed by atoms with Gasteiger partial charge in [0.25, 0.3) is 0 Å². The summed E-state index contributed by atoms with van der Waals surface area (Å²) in [5.74, 6) is 0. The SMILES string of the molecule is c1ccc(-c2cccc(-c3cc(-c4ccc5ccccc5c4)cc(-c4c5ccccc5c(-c5ccc6ccccc6c5)c5ccccc45)c3)c2)cc1. The molecule has 0 aliphatic rings. The zero-order chi connectivity index (χ0) is 34.4. The molecular formula is C52H34. The third-order valence-electron chi connectivity index (χ3n) is 10.6. The minimum atomic E-state index is 1.20. The molecule has 0 heteroatoms.